The van der Waals surface area contributed by atoms with Crippen molar-refractivity contribution in [2.45, 2.75) is 25.4 Å². The number of hydrogen-bond donors (Lipinski definition) is 3. The van der Waals surface area contributed by atoms with Gasteiger partial charge in [-0.15, -0.1) is 0 Å². The molecule has 0 bridgehead atoms. The Morgan fingerprint density at radius 3 is 2.95 bits per heavy atom. The zero-order chi connectivity index (χ0) is 13.8. The maximum Gasteiger partial charge on any atom is 0.231 e. The Bertz CT molecular complexity index is 442. The summed E-state index contributed by atoms with van der Waals surface area (Å²) < 4.78 is 11.6. The monoisotopic (exact) mass is 330 g/mol. The van der Waals surface area contributed by atoms with Crippen molar-refractivity contribution in [3.63, 3.8) is 0 Å². The molecule has 0 amide bonds. The van der Waals surface area contributed by atoms with Crippen molar-refractivity contribution in [3.8, 4) is 11.5 Å². The second-order valence-corrected chi connectivity index (χ2v) is 5.46. The molecule has 2 unspecified atom stereocenters. The molecular weight excluding hydrogens is 312 g/mol. The summed E-state index contributed by atoms with van der Waals surface area (Å²) in [6.07, 6.45) is 0.697. The van der Waals surface area contributed by atoms with Gasteiger partial charge in [0.05, 0.1) is 4.47 Å². The van der Waals surface area contributed by atoms with E-state index in [0.29, 0.717) is 13.0 Å². The van der Waals surface area contributed by atoms with E-state index in [2.05, 4.69) is 21.2 Å². The molecule has 2 atom stereocenters. The largest absolute Gasteiger partial charge is 0.454 e. The number of aliphatic hydroxyl groups excluding tert-OH is 1. The predicted octanol–water partition coefficient (Wildman–Crippen LogP) is 1.54. The average Bonchev–Trinajstić information content (AvgIpc) is 2.85. The van der Waals surface area contributed by atoms with Gasteiger partial charge >= 0.3 is 0 Å². The van der Waals surface area contributed by atoms with Crippen molar-refractivity contribution in [1.82, 2.24) is 5.32 Å². The molecule has 0 aromatic heterocycles. The van der Waals surface area contributed by atoms with E-state index in [1.165, 1.54) is 0 Å². The van der Waals surface area contributed by atoms with Crippen LogP contribution >= 0.6 is 15.9 Å². The average molecular weight is 331 g/mol. The summed E-state index contributed by atoms with van der Waals surface area (Å²) >= 11 is 3.48. The molecule has 0 saturated heterocycles. The normalized spacial score (nSPS) is 16.4. The van der Waals surface area contributed by atoms with Gasteiger partial charge in [0.2, 0.25) is 6.79 Å². The van der Waals surface area contributed by atoms with Crippen LogP contribution in [-0.2, 0) is 0 Å². The van der Waals surface area contributed by atoms with E-state index in [0.717, 1.165) is 21.5 Å². The maximum absolute atomic E-state index is 8.95. The summed E-state index contributed by atoms with van der Waals surface area (Å²) in [6, 6.07) is 4.16. The number of fused-ring (bicyclic) bond motifs is 1. The fraction of sp³-hybridized carbons (Fsp3) is 0.538. The minimum atomic E-state index is 0.0207. The van der Waals surface area contributed by atoms with Gasteiger partial charge in [-0.25, -0.2) is 0 Å². The van der Waals surface area contributed by atoms with Crippen LogP contribution in [0.1, 0.15) is 24.9 Å². The number of nitrogens with one attached hydrogen (secondary N) is 1. The number of halogens is 1. The number of rotatable bonds is 6. The van der Waals surface area contributed by atoms with Crippen molar-refractivity contribution in [1.29, 1.82) is 0 Å². The molecule has 6 heteroatoms. The fourth-order valence-corrected chi connectivity index (χ4v) is 2.68. The van der Waals surface area contributed by atoms with Crippen molar-refractivity contribution in [2.75, 3.05) is 19.9 Å². The maximum atomic E-state index is 8.95. The van der Waals surface area contributed by atoms with Gasteiger partial charge < -0.3 is 25.6 Å². The van der Waals surface area contributed by atoms with E-state index < -0.39 is 0 Å². The van der Waals surface area contributed by atoms with Gasteiger partial charge in [0.25, 0.3) is 0 Å². The minimum absolute atomic E-state index is 0.0207. The van der Waals surface area contributed by atoms with Crippen molar-refractivity contribution in [3.05, 3.63) is 22.2 Å². The summed E-state index contributed by atoms with van der Waals surface area (Å²) in [5, 5.41) is 12.3. The molecule has 0 fully saturated rings. The molecular formula is C13H19BrN2O3. The molecule has 2 rings (SSSR count). The summed E-state index contributed by atoms with van der Waals surface area (Å²) in [4.78, 5) is 0. The van der Waals surface area contributed by atoms with Gasteiger partial charge in [0.1, 0.15) is 0 Å². The highest BCUT2D eigenvalue weighted by atomic mass is 79.9. The quantitative estimate of drug-likeness (QED) is 0.737. The van der Waals surface area contributed by atoms with Crippen LogP contribution in [0.2, 0.25) is 0 Å². The summed E-state index contributed by atoms with van der Waals surface area (Å²) in [5.41, 5.74) is 6.88. The van der Waals surface area contributed by atoms with E-state index in [4.69, 9.17) is 20.3 Å². The fourth-order valence-electron chi connectivity index (χ4n) is 2.11. The molecule has 0 radical (unpaired) electrons. The van der Waals surface area contributed by atoms with Gasteiger partial charge in [0.15, 0.2) is 11.5 Å². The lowest BCUT2D eigenvalue weighted by atomic mass is 10.0. The van der Waals surface area contributed by atoms with Gasteiger partial charge in [-0.05, 0) is 47.0 Å². The van der Waals surface area contributed by atoms with Crippen LogP contribution in [0.25, 0.3) is 0 Å². The molecule has 5 nitrogen and oxygen atoms in total. The number of nitrogens with two attached hydrogens (primary N) is 1. The van der Waals surface area contributed by atoms with Crippen LogP contribution in [0, 0.1) is 0 Å². The standard InChI is InChI=1S/C13H19BrN2O3/c1-8(2-3-17)16-11(6-15)9-4-10(14)13-12(5-9)18-7-19-13/h4-5,8,11,16-17H,2-3,6-7,15H2,1H3. The molecule has 4 N–H and O–H groups in total. The first-order valence-electron chi connectivity index (χ1n) is 6.31. The lowest BCUT2D eigenvalue weighted by molar-refractivity contribution is 0.173. The van der Waals surface area contributed by atoms with Crippen LogP contribution in [0.15, 0.2) is 16.6 Å². The van der Waals surface area contributed by atoms with Crippen LogP contribution in [0.4, 0.5) is 0 Å². The van der Waals surface area contributed by atoms with Crippen LogP contribution in [0.3, 0.4) is 0 Å². The lowest BCUT2D eigenvalue weighted by Gasteiger charge is -2.22. The number of aliphatic hydroxyl groups is 1. The third-order valence-corrected chi connectivity index (χ3v) is 3.72. The predicted molar refractivity (Wildman–Crippen MR) is 76.4 cm³/mol. The Labute approximate surface area is 121 Å². The first-order chi connectivity index (χ1) is 9.15. The molecule has 1 aromatic carbocycles. The Morgan fingerprint density at radius 1 is 1.47 bits per heavy atom. The second kappa shape index (κ2) is 6.56. The van der Waals surface area contributed by atoms with E-state index >= 15 is 0 Å². The number of benzene rings is 1. The molecule has 1 heterocycles. The zero-order valence-corrected chi connectivity index (χ0v) is 12.4. The first kappa shape index (κ1) is 14.6. The third kappa shape index (κ3) is 3.39. The summed E-state index contributed by atoms with van der Waals surface area (Å²) in [5.74, 6) is 1.47. The second-order valence-electron chi connectivity index (χ2n) is 4.60. The highest BCUT2D eigenvalue weighted by Crippen LogP contribution is 2.41. The van der Waals surface area contributed by atoms with Gasteiger partial charge in [0, 0.05) is 25.2 Å². The molecule has 19 heavy (non-hydrogen) atoms. The molecule has 1 aliphatic rings. The molecule has 1 aromatic rings. The third-order valence-electron chi connectivity index (χ3n) is 3.14. The molecule has 0 aliphatic carbocycles. The van der Waals surface area contributed by atoms with E-state index in [9.17, 15) is 0 Å². The highest BCUT2D eigenvalue weighted by Gasteiger charge is 2.21. The topological polar surface area (TPSA) is 76.7 Å². The molecule has 106 valence electrons. The Balaban J connectivity index is 2.17. The van der Waals surface area contributed by atoms with E-state index in [1.807, 2.05) is 19.1 Å². The zero-order valence-electron chi connectivity index (χ0n) is 10.9. The number of hydrogen-bond acceptors (Lipinski definition) is 5. The summed E-state index contributed by atoms with van der Waals surface area (Å²) in [6.45, 7) is 2.91. The first-order valence-corrected chi connectivity index (χ1v) is 7.11. The molecule has 0 spiro atoms. The summed E-state index contributed by atoms with van der Waals surface area (Å²) in [7, 11) is 0. The minimum Gasteiger partial charge on any atom is -0.454 e. The number of ether oxygens (including phenoxy) is 2. The van der Waals surface area contributed by atoms with Crippen LogP contribution in [-0.4, -0.2) is 31.1 Å². The van der Waals surface area contributed by atoms with E-state index in [-0.39, 0.29) is 25.5 Å². The van der Waals surface area contributed by atoms with Gasteiger partial charge in [-0.3, -0.25) is 0 Å². The Kier molecular flexibility index (Phi) is 5.04. The van der Waals surface area contributed by atoms with Crippen molar-refractivity contribution in [2.24, 2.45) is 5.73 Å². The van der Waals surface area contributed by atoms with Crippen molar-refractivity contribution < 1.29 is 14.6 Å². The molecule has 1 aliphatic heterocycles. The smallest absolute Gasteiger partial charge is 0.231 e. The molecule has 0 saturated carbocycles. The van der Waals surface area contributed by atoms with Crippen LogP contribution in [0.5, 0.6) is 11.5 Å². The highest BCUT2D eigenvalue weighted by molar-refractivity contribution is 9.10. The van der Waals surface area contributed by atoms with Crippen molar-refractivity contribution >= 4 is 15.9 Å². The Morgan fingerprint density at radius 2 is 2.26 bits per heavy atom. The van der Waals surface area contributed by atoms with Gasteiger partial charge in [-0.1, -0.05) is 0 Å². The SMILES string of the molecule is CC(CCO)NC(CN)c1cc(Br)c2c(c1)OCO2. The van der Waals surface area contributed by atoms with Gasteiger partial charge in [-0.2, -0.15) is 0 Å². The van der Waals surface area contributed by atoms with Crippen LogP contribution < -0.4 is 20.5 Å². The van der Waals surface area contributed by atoms with E-state index in [1.54, 1.807) is 0 Å². The lowest BCUT2D eigenvalue weighted by Crippen LogP contribution is -2.35. The Hall–Kier alpha value is -0.820.